The van der Waals surface area contributed by atoms with Gasteiger partial charge in [0, 0.05) is 18.0 Å². The van der Waals surface area contributed by atoms with Gasteiger partial charge in [-0.3, -0.25) is 4.79 Å². The number of hydrogen-bond donors (Lipinski definition) is 1. The fourth-order valence-electron chi connectivity index (χ4n) is 2.55. The molecule has 3 nitrogen and oxygen atoms in total. The summed E-state index contributed by atoms with van der Waals surface area (Å²) in [7, 11) is 1.75. The minimum Gasteiger partial charge on any atom is -0.350 e. The van der Waals surface area contributed by atoms with Gasteiger partial charge in [0.05, 0.1) is 6.04 Å². The number of halogens is 1. The van der Waals surface area contributed by atoms with E-state index in [2.05, 4.69) is 4.98 Å². The lowest BCUT2D eigenvalue weighted by Crippen LogP contribution is -2.29. The van der Waals surface area contributed by atoms with Crippen molar-refractivity contribution < 1.29 is 9.18 Å². The number of benzene rings is 2. The van der Waals surface area contributed by atoms with Crippen LogP contribution in [0.5, 0.6) is 0 Å². The molecule has 0 spiro atoms. The van der Waals surface area contributed by atoms with Crippen molar-refractivity contribution in [3.63, 3.8) is 0 Å². The third-order valence-electron chi connectivity index (χ3n) is 4.02. The minimum absolute atomic E-state index is 0.0649. The number of rotatable bonds is 3. The summed E-state index contributed by atoms with van der Waals surface area (Å²) < 4.78 is 13.7. The number of carbonyl (C=O) groups excluding carboxylic acids is 1. The Morgan fingerprint density at radius 1 is 1.14 bits per heavy atom. The van der Waals surface area contributed by atoms with Gasteiger partial charge in [-0.15, -0.1) is 0 Å². The molecule has 112 valence electrons. The van der Waals surface area contributed by atoms with Gasteiger partial charge < -0.3 is 9.88 Å². The lowest BCUT2D eigenvalue weighted by molar-refractivity contribution is 0.0737. The molecule has 1 heterocycles. The number of aromatic amines is 1. The van der Waals surface area contributed by atoms with E-state index in [1.54, 1.807) is 30.1 Å². The number of hydrogen-bond acceptors (Lipinski definition) is 1. The Kier molecular flexibility index (Phi) is 3.67. The zero-order chi connectivity index (χ0) is 15.7. The predicted molar refractivity (Wildman–Crippen MR) is 85.2 cm³/mol. The molecule has 1 N–H and O–H groups in total. The largest absolute Gasteiger partial charge is 0.350 e. The average Bonchev–Trinajstić information content (AvgIpc) is 2.99. The molecular weight excluding hydrogens is 279 g/mol. The van der Waals surface area contributed by atoms with Crippen LogP contribution in [0.4, 0.5) is 4.39 Å². The summed E-state index contributed by atoms with van der Waals surface area (Å²) in [4.78, 5) is 17.3. The standard InChI is InChI=1S/C18H17FN2O/c1-12(13-7-4-3-5-8-13)21(2)18(22)17-11-14-15(19)9-6-10-16(14)20-17/h3-12,20H,1-2H3. The van der Waals surface area contributed by atoms with Crippen molar-refractivity contribution in [3.8, 4) is 0 Å². The normalized spacial score (nSPS) is 12.3. The van der Waals surface area contributed by atoms with E-state index in [9.17, 15) is 9.18 Å². The summed E-state index contributed by atoms with van der Waals surface area (Å²) in [5.74, 6) is -0.487. The van der Waals surface area contributed by atoms with Crippen LogP contribution in [-0.2, 0) is 0 Å². The van der Waals surface area contributed by atoms with Gasteiger partial charge in [0.25, 0.3) is 5.91 Å². The van der Waals surface area contributed by atoms with E-state index >= 15 is 0 Å². The quantitative estimate of drug-likeness (QED) is 0.774. The Morgan fingerprint density at radius 3 is 2.55 bits per heavy atom. The first-order chi connectivity index (χ1) is 10.6. The second-order valence-corrected chi connectivity index (χ2v) is 5.39. The summed E-state index contributed by atoms with van der Waals surface area (Å²) >= 11 is 0. The van der Waals surface area contributed by atoms with Crippen molar-refractivity contribution in [1.29, 1.82) is 0 Å². The highest BCUT2D eigenvalue weighted by atomic mass is 19.1. The molecule has 1 unspecified atom stereocenters. The number of nitrogens with zero attached hydrogens (tertiary/aromatic N) is 1. The summed E-state index contributed by atoms with van der Waals surface area (Å²) in [6, 6.07) is 16.1. The fraction of sp³-hybridized carbons (Fsp3) is 0.167. The Hall–Kier alpha value is -2.62. The molecule has 1 amide bonds. The van der Waals surface area contributed by atoms with Crippen LogP contribution in [0.3, 0.4) is 0 Å². The van der Waals surface area contributed by atoms with Crippen LogP contribution in [0.1, 0.15) is 29.0 Å². The van der Waals surface area contributed by atoms with E-state index < -0.39 is 0 Å². The van der Waals surface area contributed by atoms with Crippen LogP contribution in [0.25, 0.3) is 10.9 Å². The molecule has 22 heavy (non-hydrogen) atoms. The average molecular weight is 296 g/mol. The molecule has 0 aliphatic heterocycles. The number of nitrogens with one attached hydrogen (secondary N) is 1. The first-order valence-electron chi connectivity index (χ1n) is 7.17. The number of H-pyrrole nitrogens is 1. The van der Waals surface area contributed by atoms with Gasteiger partial charge in [0.1, 0.15) is 11.5 Å². The Labute approximate surface area is 128 Å². The number of amides is 1. The smallest absolute Gasteiger partial charge is 0.270 e. The van der Waals surface area contributed by atoms with Gasteiger partial charge in [-0.1, -0.05) is 36.4 Å². The Balaban J connectivity index is 1.90. The highest BCUT2D eigenvalue weighted by Crippen LogP contribution is 2.23. The second kappa shape index (κ2) is 5.64. The molecule has 0 saturated heterocycles. The van der Waals surface area contributed by atoms with Gasteiger partial charge in [-0.05, 0) is 30.7 Å². The molecular formula is C18H17FN2O. The minimum atomic E-state index is -0.327. The van der Waals surface area contributed by atoms with Crippen molar-refractivity contribution in [2.24, 2.45) is 0 Å². The van der Waals surface area contributed by atoms with Crippen molar-refractivity contribution in [2.75, 3.05) is 7.05 Å². The molecule has 0 aliphatic carbocycles. The number of carbonyl (C=O) groups is 1. The van der Waals surface area contributed by atoms with Crippen LogP contribution in [0.2, 0.25) is 0 Å². The van der Waals surface area contributed by atoms with Gasteiger partial charge in [0.15, 0.2) is 0 Å². The van der Waals surface area contributed by atoms with Gasteiger partial charge in [-0.25, -0.2) is 4.39 Å². The first kappa shape index (κ1) is 14.3. The molecule has 0 fully saturated rings. The third-order valence-corrected chi connectivity index (χ3v) is 4.02. The second-order valence-electron chi connectivity index (χ2n) is 5.39. The lowest BCUT2D eigenvalue weighted by Gasteiger charge is -2.24. The molecule has 0 bridgehead atoms. The molecule has 1 aromatic heterocycles. The van der Waals surface area contributed by atoms with E-state index in [-0.39, 0.29) is 17.8 Å². The molecule has 0 aliphatic rings. The van der Waals surface area contributed by atoms with E-state index in [1.807, 2.05) is 37.3 Å². The fourth-order valence-corrected chi connectivity index (χ4v) is 2.55. The summed E-state index contributed by atoms with van der Waals surface area (Å²) in [6.45, 7) is 1.97. The Morgan fingerprint density at radius 2 is 1.86 bits per heavy atom. The molecule has 1 atom stereocenters. The van der Waals surface area contributed by atoms with Crippen LogP contribution in [0, 0.1) is 5.82 Å². The summed E-state index contributed by atoms with van der Waals surface area (Å²) in [5, 5.41) is 0.437. The lowest BCUT2D eigenvalue weighted by atomic mass is 10.1. The van der Waals surface area contributed by atoms with Crippen molar-refractivity contribution >= 4 is 16.8 Å². The topological polar surface area (TPSA) is 36.1 Å². The maximum absolute atomic E-state index is 13.7. The van der Waals surface area contributed by atoms with Gasteiger partial charge in [0.2, 0.25) is 0 Å². The van der Waals surface area contributed by atoms with Crippen molar-refractivity contribution in [3.05, 3.63) is 71.7 Å². The SMILES string of the molecule is CC(c1ccccc1)N(C)C(=O)c1cc2c(F)cccc2[nH]1. The molecule has 0 saturated carbocycles. The van der Waals surface area contributed by atoms with Crippen LogP contribution < -0.4 is 0 Å². The molecule has 3 aromatic rings. The highest BCUT2D eigenvalue weighted by molar-refractivity contribution is 5.98. The summed E-state index contributed by atoms with van der Waals surface area (Å²) in [5.41, 5.74) is 2.08. The molecule has 3 rings (SSSR count). The van der Waals surface area contributed by atoms with E-state index in [4.69, 9.17) is 0 Å². The maximum Gasteiger partial charge on any atom is 0.270 e. The maximum atomic E-state index is 13.7. The molecule has 2 aromatic carbocycles. The summed E-state index contributed by atoms with van der Waals surface area (Å²) in [6.07, 6.45) is 0. The highest BCUT2D eigenvalue weighted by Gasteiger charge is 2.20. The van der Waals surface area contributed by atoms with Crippen LogP contribution >= 0.6 is 0 Å². The van der Waals surface area contributed by atoms with Crippen LogP contribution in [-0.4, -0.2) is 22.8 Å². The van der Waals surface area contributed by atoms with Gasteiger partial charge in [-0.2, -0.15) is 0 Å². The molecule has 4 heteroatoms. The van der Waals surface area contributed by atoms with E-state index in [1.165, 1.54) is 6.07 Å². The number of fused-ring (bicyclic) bond motifs is 1. The van der Waals surface area contributed by atoms with Crippen LogP contribution in [0.15, 0.2) is 54.6 Å². The van der Waals surface area contributed by atoms with Crippen molar-refractivity contribution in [2.45, 2.75) is 13.0 Å². The van der Waals surface area contributed by atoms with Crippen molar-refractivity contribution in [1.82, 2.24) is 9.88 Å². The Bertz CT molecular complexity index is 810. The predicted octanol–water partition coefficient (Wildman–Crippen LogP) is 4.14. The zero-order valence-corrected chi connectivity index (χ0v) is 12.5. The van der Waals surface area contributed by atoms with E-state index in [0.29, 0.717) is 16.6 Å². The first-order valence-corrected chi connectivity index (χ1v) is 7.17. The number of aromatic nitrogens is 1. The third kappa shape index (κ3) is 2.48. The zero-order valence-electron chi connectivity index (χ0n) is 12.5. The molecule has 0 radical (unpaired) electrons. The van der Waals surface area contributed by atoms with Gasteiger partial charge >= 0.3 is 0 Å². The van der Waals surface area contributed by atoms with E-state index in [0.717, 1.165) is 5.56 Å². The monoisotopic (exact) mass is 296 g/mol.